The maximum Gasteiger partial charge on any atom is 0.122 e. The summed E-state index contributed by atoms with van der Waals surface area (Å²) >= 11 is 0. The highest BCUT2D eigenvalue weighted by Crippen LogP contribution is 2.19. The van der Waals surface area contributed by atoms with Gasteiger partial charge in [-0.1, -0.05) is 18.2 Å². The molecule has 0 aliphatic heterocycles. The minimum atomic E-state index is -0.350. The van der Waals surface area contributed by atoms with Crippen LogP contribution in [0.3, 0.4) is 0 Å². The molecule has 1 aromatic carbocycles. The summed E-state index contributed by atoms with van der Waals surface area (Å²) < 4.78 is 5.23. The lowest BCUT2D eigenvalue weighted by Crippen LogP contribution is -2.10. The summed E-state index contributed by atoms with van der Waals surface area (Å²) in [4.78, 5) is 0. The van der Waals surface area contributed by atoms with Crippen molar-refractivity contribution in [2.45, 2.75) is 32.3 Å². The zero-order valence-corrected chi connectivity index (χ0v) is 9.86. The average Bonchev–Trinajstić information content (AvgIpc) is 2.30. The van der Waals surface area contributed by atoms with Gasteiger partial charge in [0.25, 0.3) is 0 Å². The predicted octanol–water partition coefficient (Wildman–Crippen LogP) is 2.40. The van der Waals surface area contributed by atoms with Gasteiger partial charge < -0.3 is 9.84 Å². The number of rotatable bonds is 5. The van der Waals surface area contributed by atoms with Gasteiger partial charge in [0.05, 0.1) is 13.2 Å². The molecular formula is C14H18O2. The number of benzene rings is 1. The molecule has 0 amide bonds. The quantitative estimate of drug-likeness (QED) is 0.769. The SMILES string of the molecule is CC#CCCC(O)Cc1ccccc1OC. The molecule has 2 nitrogen and oxygen atoms in total. The molecule has 0 saturated heterocycles. The Morgan fingerprint density at radius 3 is 2.81 bits per heavy atom. The van der Waals surface area contributed by atoms with Gasteiger partial charge >= 0.3 is 0 Å². The number of hydrogen-bond acceptors (Lipinski definition) is 2. The van der Waals surface area contributed by atoms with E-state index in [2.05, 4.69) is 11.8 Å². The second kappa shape index (κ2) is 6.92. The first-order chi connectivity index (χ1) is 7.77. The molecule has 0 spiro atoms. The Bertz CT molecular complexity index is 374. The predicted molar refractivity (Wildman–Crippen MR) is 65.4 cm³/mol. The van der Waals surface area contributed by atoms with Crippen LogP contribution in [0.2, 0.25) is 0 Å². The fourth-order valence-electron chi connectivity index (χ4n) is 1.59. The molecule has 0 aliphatic rings. The van der Waals surface area contributed by atoms with E-state index in [4.69, 9.17) is 4.74 Å². The molecule has 1 aromatic rings. The van der Waals surface area contributed by atoms with Gasteiger partial charge in [0.1, 0.15) is 5.75 Å². The van der Waals surface area contributed by atoms with E-state index < -0.39 is 0 Å². The topological polar surface area (TPSA) is 29.5 Å². The largest absolute Gasteiger partial charge is 0.496 e. The fraction of sp³-hybridized carbons (Fsp3) is 0.429. The van der Waals surface area contributed by atoms with Crippen molar-refractivity contribution in [3.63, 3.8) is 0 Å². The lowest BCUT2D eigenvalue weighted by molar-refractivity contribution is 0.165. The van der Waals surface area contributed by atoms with Gasteiger partial charge in [-0.25, -0.2) is 0 Å². The van der Waals surface area contributed by atoms with Gasteiger partial charge in [-0.15, -0.1) is 11.8 Å². The molecule has 1 N–H and O–H groups in total. The summed E-state index contributed by atoms with van der Waals surface area (Å²) in [6.45, 7) is 1.81. The van der Waals surface area contributed by atoms with E-state index in [0.29, 0.717) is 12.8 Å². The van der Waals surface area contributed by atoms with Gasteiger partial charge in [-0.3, -0.25) is 0 Å². The number of ether oxygens (including phenoxy) is 1. The normalized spacial score (nSPS) is 11.4. The van der Waals surface area contributed by atoms with Crippen LogP contribution in [-0.2, 0) is 6.42 Å². The molecule has 0 aliphatic carbocycles. The number of aliphatic hydroxyl groups is 1. The van der Waals surface area contributed by atoms with Crippen LogP contribution in [0.5, 0.6) is 5.75 Å². The Labute approximate surface area is 97.3 Å². The van der Waals surface area contributed by atoms with Crippen LogP contribution in [0.15, 0.2) is 24.3 Å². The smallest absolute Gasteiger partial charge is 0.122 e. The second-order valence-corrected chi connectivity index (χ2v) is 3.64. The third kappa shape index (κ3) is 3.96. The molecule has 0 bridgehead atoms. The van der Waals surface area contributed by atoms with Crippen molar-refractivity contribution in [2.75, 3.05) is 7.11 Å². The van der Waals surface area contributed by atoms with Crippen LogP contribution < -0.4 is 4.74 Å². The van der Waals surface area contributed by atoms with E-state index in [1.165, 1.54) is 0 Å². The van der Waals surface area contributed by atoms with E-state index >= 15 is 0 Å². The number of methoxy groups -OCH3 is 1. The molecule has 1 rings (SSSR count). The molecule has 0 fully saturated rings. The Morgan fingerprint density at radius 1 is 1.38 bits per heavy atom. The Hall–Kier alpha value is -1.46. The van der Waals surface area contributed by atoms with Crippen molar-refractivity contribution in [3.05, 3.63) is 29.8 Å². The van der Waals surface area contributed by atoms with Crippen LogP contribution >= 0.6 is 0 Å². The van der Waals surface area contributed by atoms with Crippen molar-refractivity contribution < 1.29 is 9.84 Å². The zero-order valence-electron chi connectivity index (χ0n) is 9.86. The van der Waals surface area contributed by atoms with Gasteiger partial charge in [0, 0.05) is 12.8 Å². The van der Waals surface area contributed by atoms with Crippen LogP contribution in [0, 0.1) is 11.8 Å². The third-order valence-corrected chi connectivity index (χ3v) is 2.43. The van der Waals surface area contributed by atoms with Crippen LogP contribution in [-0.4, -0.2) is 18.3 Å². The summed E-state index contributed by atoms with van der Waals surface area (Å²) in [5, 5.41) is 9.83. The van der Waals surface area contributed by atoms with Gasteiger partial charge in [0.15, 0.2) is 0 Å². The molecule has 0 saturated carbocycles. The maximum atomic E-state index is 9.83. The molecule has 1 atom stereocenters. The Balaban J connectivity index is 2.53. The summed E-state index contributed by atoms with van der Waals surface area (Å²) in [5.74, 6) is 6.61. The molecule has 2 heteroatoms. The number of hydrogen-bond donors (Lipinski definition) is 1. The van der Waals surface area contributed by atoms with E-state index in [-0.39, 0.29) is 6.10 Å². The summed E-state index contributed by atoms with van der Waals surface area (Å²) in [6.07, 6.45) is 1.72. The first-order valence-corrected chi connectivity index (χ1v) is 5.47. The highest BCUT2D eigenvalue weighted by molar-refractivity contribution is 5.33. The average molecular weight is 218 g/mol. The van der Waals surface area contributed by atoms with E-state index in [1.807, 2.05) is 31.2 Å². The highest BCUT2D eigenvalue weighted by Gasteiger charge is 2.08. The van der Waals surface area contributed by atoms with E-state index in [1.54, 1.807) is 7.11 Å². The third-order valence-electron chi connectivity index (χ3n) is 2.43. The summed E-state index contributed by atoms with van der Waals surface area (Å²) in [7, 11) is 1.65. The second-order valence-electron chi connectivity index (χ2n) is 3.64. The lowest BCUT2D eigenvalue weighted by atomic mass is 10.0. The molecule has 0 radical (unpaired) electrons. The molecule has 1 unspecified atom stereocenters. The number of aliphatic hydroxyl groups excluding tert-OH is 1. The van der Waals surface area contributed by atoms with Gasteiger partial charge in [0.2, 0.25) is 0 Å². The fourth-order valence-corrected chi connectivity index (χ4v) is 1.59. The van der Waals surface area contributed by atoms with E-state index in [0.717, 1.165) is 17.7 Å². The molecule has 0 aromatic heterocycles. The van der Waals surface area contributed by atoms with Gasteiger partial charge in [-0.2, -0.15) is 0 Å². The first kappa shape index (κ1) is 12.6. The zero-order chi connectivity index (χ0) is 11.8. The molecular weight excluding hydrogens is 200 g/mol. The Morgan fingerprint density at radius 2 is 2.12 bits per heavy atom. The minimum Gasteiger partial charge on any atom is -0.496 e. The summed E-state index contributed by atoms with van der Waals surface area (Å²) in [6, 6.07) is 7.77. The first-order valence-electron chi connectivity index (χ1n) is 5.47. The number of para-hydroxylation sites is 1. The standard InChI is InChI=1S/C14H18O2/c1-3-4-5-9-13(15)11-12-8-6-7-10-14(12)16-2/h6-8,10,13,15H,5,9,11H2,1-2H3. The monoisotopic (exact) mass is 218 g/mol. The highest BCUT2D eigenvalue weighted by atomic mass is 16.5. The molecule has 0 heterocycles. The Kier molecular flexibility index (Phi) is 5.45. The van der Waals surface area contributed by atoms with Crippen molar-refractivity contribution >= 4 is 0 Å². The van der Waals surface area contributed by atoms with Crippen LogP contribution in [0.4, 0.5) is 0 Å². The van der Waals surface area contributed by atoms with Crippen LogP contribution in [0.1, 0.15) is 25.3 Å². The maximum absolute atomic E-state index is 9.83. The van der Waals surface area contributed by atoms with Crippen molar-refractivity contribution in [1.29, 1.82) is 0 Å². The van der Waals surface area contributed by atoms with Gasteiger partial charge in [-0.05, 0) is 25.0 Å². The van der Waals surface area contributed by atoms with Crippen molar-refractivity contribution in [3.8, 4) is 17.6 Å². The van der Waals surface area contributed by atoms with E-state index in [9.17, 15) is 5.11 Å². The minimum absolute atomic E-state index is 0.350. The lowest BCUT2D eigenvalue weighted by Gasteiger charge is -2.12. The van der Waals surface area contributed by atoms with Crippen molar-refractivity contribution in [2.24, 2.45) is 0 Å². The van der Waals surface area contributed by atoms with Crippen LogP contribution in [0.25, 0.3) is 0 Å². The molecule has 16 heavy (non-hydrogen) atoms. The molecule has 86 valence electrons. The van der Waals surface area contributed by atoms with Crippen molar-refractivity contribution in [1.82, 2.24) is 0 Å². The summed E-state index contributed by atoms with van der Waals surface area (Å²) in [5.41, 5.74) is 1.04.